The van der Waals surface area contributed by atoms with E-state index in [9.17, 15) is 19.4 Å². The van der Waals surface area contributed by atoms with E-state index in [1.54, 1.807) is 46.8 Å². The largest absolute Gasteiger partial charge is 0.476 e. The maximum atomic E-state index is 13.0. The van der Waals surface area contributed by atoms with Gasteiger partial charge in [0, 0.05) is 6.42 Å². The molecule has 0 saturated heterocycles. The quantitative estimate of drug-likeness (QED) is 0.332. The highest BCUT2D eigenvalue weighted by Crippen LogP contribution is 2.54. The fourth-order valence-electron chi connectivity index (χ4n) is 3.34. The lowest BCUT2D eigenvalue weighted by atomic mass is 9.86. The van der Waals surface area contributed by atoms with Gasteiger partial charge in [0.15, 0.2) is 5.60 Å². The molecule has 0 spiro atoms. The molecule has 0 aromatic heterocycles. The van der Waals surface area contributed by atoms with Gasteiger partial charge in [-0.1, -0.05) is 36.4 Å². The zero-order valence-corrected chi connectivity index (χ0v) is 22.1. The number of hydrogen-bond donors (Lipinski definition) is 2. The molecule has 2 rings (SSSR count). The Morgan fingerprint density at radius 1 is 1.11 bits per heavy atom. The fraction of sp³-hybridized carbons (Fsp3) is 0.542. The lowest BCUT2D eigenvalue weighted by Gasteiger charge is -2.37. The van der Waals surface area contributed by atoms with Crippen LogP contribution in [0.25, 0.3) is 0 Å². The van der Waals surface area contributed by atoms with E-state index in [4.69, 9.17) is 23.0 Å². The third-order valence-corrected chi connectivity index (χ3v) is 6.47. The Morgan fingerprint density at radius 2 is 1.75 bits per heavy atom. The van der Waals surface area contributed by atoms with Crippen molar-refractivity contribution in [3.8, 4) is 6.07 Å². The first-order valence-electron chi connectivity index (χ1n) is 11.6. The summed E-state index contributed by atoms with van der Waals surface area (Å²) in [5.41, 5.74) is -1.74. The molecule has 0 bridgehead atoms. The van der Waals surface area contributed by atoms with Gasteiger partial charge in [-0.25, -0.2) is 14.2 Å². The molecule has 2 amide bonds. The summed E-state index contributed by atoms with van der Waals surface area (Å²) in [5, 5.41) is 15.3. The van der Waals surface area contributed by atoms with Crippen molar-refractivity contribution >= 4 is 20.0 Å². The van der Waals surface area contributed by atoms with Crippen LogP contribution in [0, 0.1) is 11.3 Å². The summed E-state index contributed by atoms with van der Waals surface area (Å²) in [5.74, 6) is 0. The van der Waals surface area contributed by atoms with Gasteiger partial charge in [0.05, 0.1) is 25.3 Å². The van der Waals surface area contributed by atoms with Crippen molar-refractivity contribution < 1.29 is 37.2 Å². The Morgan fingerprint density at radius 3 is 2.31 bits per heavy atom. The third kappa shape index (κ3) is 9.28. The van der Waals surface area contributed by atoms with E-state index >= 15 is 0 Å². The number of hydrogen-bond acceptors (Lipinski definition) is 9. The van der Waals surface area contributed by atoms with Gasteiger partial charge in [0.2, 0.25) is 0 Å². The number of ether oxygens (including phenoxy) is 2. The molecule has 2 N–H and O–H groups in total. The van der Waals surface area contributed by atoms with E-state index < -0.39 is 43.3 Å². The van der Waals surface area contributed by atoms with Crippen molar-refractivity contribution in [2.45, 2.75) is 70.9 Å². The molecule has 1 aliphatic rings. The van der Waals surface area contributed by atoms with Crippen LogP contribution in [-0.2, 0) is 34.2 Å². The minimum atomic E-state index is -4.09. The van der Waals surface area contributed by atoms with E-state index in [-0.39, 0.29) is 26.2 Å². The number of alkyl carbamates (subject to hydrolysis) is 2. The van der Waals surface area contributed by atoms with Crippen LogP contribution in [0.3, 0.4) is 0 Å². The van der Waals surface area contributed by atoms with Crippen molar-refractivity contribution in [2.24, 2.45) is 0 Å². The topological polar surface area (TPSA) is 145 Å². The second-order valence-electron chi connectivity index (χ2n) is 8.92. The first kappa shape index (κ1) is 29.3. The number of nitriles is 1. The van der Waals surface area contributed by atoms with E-state index in [1.807, 2.05) is 24.3 Å². The highest BCUT2D eigenvalue weighted by atomic mass is 31.2. The summed E-state index contributed by atoms with van der Waals surface area (Å²) in [4.78, 5) is 25.0. The van der Waals surface area contributed by atoms with Gasteiger partial charge in [0.1, 0.15) is 18.3 Å². The number of carbonyl (C=O) groups excluding carboxylic acids is 2. The number of rotatable bonds is 10. The molecule has 3 atom stereocenters. The lowest BCUT2D eigenvalue weighted by molar-refractivity contribution is 0.0422. The number of amides is 2. The first-order valence-corrected chi connectivity index (χ1v) is 13.1. The number of phosphoric ester groups is 1. The molecule has 0 fully saturated rings. The number of benzene rings is 1. The number of nitrogens with one attached hydrogen (secondary N) is 2. The summed E-state index contributed by atoms with van der Waals surface area (Å²) in [7, 11) is -4.09. The second-order valence-corrected chi connectivity index (χ2v) is 10.5. The summed E-state index contributed by atoms with van der Waals surface area (Å²) in [6, 6.07) is 9.40. The smallest absolute Gasteiger partial charge is 0.445 e. The predicted molar refractivity (Wildman–Crippen MR) is 131 cm³/mol. The second kappa shape index (κ2) is 12.9. The van der Waals surface area contributed by atoms with Gasteiger partial charge in [-0.3, -0.25) is 13.6 Å². The fourth-order valence-corrected chi connectivity index (χ4v) is 4.73. The molecule has 0 heterocycles. The van der Waals surface area contributed by atoms with Crippen LogP contribution >= 0.6 is 7.82 Å². The normalized spacial score (nSPS) is 21.8. The molecule has 1 aromatic rings. The molecule has 11 nitrogen and oxygen atoms in total. The molecule has 36 heavy (non-hydrogen) atoms. The van der Waals surface area contributed by atoms with E-state index in [2.05, 4.69) is 10.6 Å². The van der Waals surface area contributed by atoms with Crippen LogP contribution < -0.4 is 10.6 Å². The Labute approximate surface area is 211 Å². The molecule has 0 unspecified atom stereocenters. The van der Waals surface area contributed by atoms with E-state index in [0.717, 1.165) is 5.56 Å². The van der Waals surface area contributed by atoms with Crippen molar-refractivity contribution in [3.05, 3.63) is 48.0 Å². The van der Waals surface area contributed by atoms with Crippen molar-refractivity contribution in [1.82, 2.24) is 10.6 Å². The monoisotopic (exact) mass is 523 g/mol. The molecule has 12 heteroatoms. The molecular weight excluding hydrogens is 489 g/mol. The van der Waals surface area contributed by atoms with Gasteiger partial charge in [-0.2, -0.15) is 5.26 Å². The minimum Gasteiger partial charge on any atom is -0.445 e. The van der Waals surface area contributed by atoms with Gasteiger partial charge in [-0.05, 0) is 46.3 Å². The van der Waals surface area contributed by atoms with Crippen molar-refractivity contribution in [2.75, 3.05) is 13.2 Å². The molecule has 0 radical (unpaired) electrons. The minimum absolute atomic E-state index is 0.0170. The highest BCUT2D eigenvalue weighted by molar-refractivity contribution is 7.48. The predicted octanol–water partition coefficient (Wildman–Crippen LogP) is 4.59. The summed E-state index contributed by atoms with van der Waals surface area (Å²) in [6.07, 6.45) is 1.13. The average Bonchev–Trinajstić information content (AvgIpc) is 2.79. The zero-order valence-electron chi connectivity index (χ0n) is 21.2. The Bertz CT molecular complexity index is 995. The molecule has 0 saturated carbocycles. The van der Waals surface area contributed by atoms with E-state index in [0.29, 0.717) is 0 Å². The first-order chi connectivity index (χ1) is 16.9. The highest BCUT2D eigenvalue weighted by Gasteiger charge is 2.46. The van der Waals surface area contributed by atoms with E-state index in [1.165, 1.54) is 12.2 Å². The number of nitrogens with zero attached hydrogens (tertiary/aromatic N) is 1. The van der Waals surface area contributed by atoms with Crippen LogP contribution in [0.1, 0.15) is 46.6 Å². The zero-order chi connectivity index (χ0) is 26.8. The lowest BCUT2D eigenvalue weighted by Crippen LogP contribution is -2.56. The Balaban J connectivity index is 2.24. The van der Waals surface area contributed by atoms with Crippen LogP contribution in [0.4, 0.5) is 9.59 Å². The molecule has 0 aliphatic heterocycles. The third-order valence-electron chi connectivity index (χ3n) is 4.77. The van der Waals surface area contributed by atoms with Crippen LogP contribution in [0.5, 0.6) is 0 Å². The van der Waals surface area contributed by atoms with Crippen molar-refractivity contribution in [1.29, 1.82) is 5.26 Å². The van der Waals surface area contributed by atoms with Gasteiger partial charge >= 0.3 is 20.0 Å². The molecule has 1 aromatic carbocycles. The summed E-state index contributed by atoms with van der Waals surface area (Å²) >= 11 is 0. The van der Waals surface area contributed by atoms with Gasteiger partial charge in [-0.15, -0.1) is 0 Å². The van der Waals surface area contributed by atoms with Crippen LogP contribution in [-0.4, -0.2) is 48.7 Å². The molecule has 198 valence electrons. The maximum absolute atomic E-state index is 13.0. The number of phosphoric acid groups is 1. The Hall–Kier alpha value is -2.90. The molecular formula is C24H34N3O8P. The van der Waals surface area contributed by atoms with Gasteiger partial charge < -0.3 is 20.1 Å². The SMILES string of the molecule is CCOP(=O)(OCC)O[C@@]1(C#N)C=C[C@H](NC(=O)OC(C)(C)C)[C@@H](NC(=O)OCc2ccccc2)C1. The molecule has 1 aliphatic carbocycles. The van der Waals surface area contributed by atoms with Crippen molar-refractivity contribution in [3.63, 3.8) is 0 Å². The van der Waals surface area contributed by atoms with Crippen LogP contribution in [0.15, 0.2) is 42.5 Å². The summed E-state index contributed by atoms with van der Waals surface area (Å²) in [6.45, 7) is 8.44. The summed E-state index contributed by atoms with van der Waals surface area (Å²) < 4.78 is 39.6. The van der Waals surface area contributed by atoms with Gasteiger partial charge in [0.25, 0.3) is 0 Å². The maximum Gasteiger partial charge on any atom is 0.476 e. The average molecular weight is 524 g/mol. The van der Waals surface area contributed by atoms with Crippen LogP contribution in [0.2, 0.25) is 0 Å². The number of carbonyl (C=O) groups is 2. The Kier molecular flexibility index (Phi) is 10.5. The standard InChI is InChI=1S/C24H34N3O8P/c1-6-32-36(30,33-7-2)35-24(17-25)14-13-19(26-22(29)34-23(3,4)5)20(15-24)27-21(28)31-16-18-11-9-8-10-12-18/h8-14,19-20H,6-7,15-16H2,1-5H3,(H,26,29)(H,27,28)/t19-,20-,24-/m0/s1.